The SMILES string of the molecule is CCNC(=NCC(C)(C)c1cccs1)NCCCn1nc2n(c1=O)CCCC2. The van der Waals surface area contributed by atoms with E-state index < -0.39 is 0 Å². The molecule has 1 aliphatic rings. The molecular weight excluding hydrogens is 372 g/mol. The maximum atomic E-state index is 12.4. The monoisotopic (exact) mass is 404 g/mol. The second-order valence-corrected chi connectivity index (χ2v) is 8.82. The number of hydrogen-bond acceptors (Lipinski definition) is 4. The minimum atomic E-state index is 0.0132. The van der Waals surface area contributed by atoms with Gasteiger partial charge in [0, 0.05) is 42.9 Å². The Balaban J connectivity index is 1.51. The number of guanidine groups is 1. The second-order valence-electron chi connectivity index (χ2n) is 7.87. The van der Waals surface area contributed by atoms with Crippen LogP contribution in [0.5, 0.6) is 0 Å². The molecule has 2 aromatic rings. The van der Waals surface area contributed by atoms with Gasteiger partial charge in [0.2, 0.25) is 0 Å². The smallest absolute Gasteiger partial charge is 0.345 e. The van der Waals surface area contributed by atoms with Crippen LogP contribution in [0.2, 0.25) is 0 Å². The van der Waals surface area contributed by atoms with E-state index in [1.807, 2.05) is 4.57 Å². The summed E-state index contributed by atoms with van der Waals surface area (Å²) >= 11 is 1.78. The Hall–Kier alpha value is -2.09. The average Bonchev–Trinajstić information content (AvgIpc) is 3.33. The summed E-state index contributed by atoms with van der Waals surface area (Å²) in [5, 5.41) is 13.3. The van der Waals surface area contributed by atoms with Gasteiger partial charge < -0.3 is 10.6 Å². The molecular formula is C20H32N6OS. The van der Waals surface area contributed by atoms with Crippen molar-refractivity contribution >= 4 is 17.3 Å². The Morgan fingerprint density at radius 3 is 2.93 bits per heavy atom. The van der Waals surface area contributed by atoms with E-state index in [1.54, 1.807) is 16.0 Å². The lowest BCUT2D eigenvalue weighted by Crippen LogP contribution is -2.39. The molecule has 7 nitrogen and oxygen atoms in total. The number of nitrogens with one attached hydrogen (secondary N) is 2. The number of aryl methyl sites for hydroxylation is 2. The summed E-state index contributed by atoms with van der Waals surface area (Å²) in [4.78, 5) is 18.5. The summed E-state index contributed by atoms with van der Waals surface area (Å²) in [6.45, 7) is 10.2. The fraction of sp³-hybridized carbons (Fsp3) is 0.650. The molecule has 0 aliphatic carbocycles. The lowest BCUT2D eigenvalue weighted by molar-refractivity contribution is 0.509. The van der Waals surface area contributed by atoms with E-state index in [1.165, 1.54) is 4.88 Å². The number of rotatable bonds is 8. The molecule has 3 rings (SSSR count). The van der Waals surface area contributed by atoms with E-state index in [0.29, 0.717) is 6.54 Å². The molecule has 0 radical (unpaired) electrons. The molecule has 0 amide bonds. The first-order chi connectivity index (χ1) is 13.5. The standard InChI is InChI=1S/C20H32N6OS/c1-4-21-18(23-15-20(2,3)16-9-7-14-28-16)22-11-8-13-26-19(27)25-12-6-5-10-17(25)24-26/h7,9,14H,4-6,8,10-13,15H2,1-3H3,(H2,21,22,23). The number of nitrogens with zero attached hydrogens (tertiary/aromatic N) is 4. The molecule has 8 heteroatoms. The molecule has 0 atom stereocenters. The first-order valence-corrected chi connectivity index (χ1v) is 11.1. The maximum Gasteiger partial charge on any atom is 0.345 e. The zero-order valence-electron chi connectivity index (χ0n) is 17.2. The third-order valence-corrected chi connectivity index (χ3v) is 6.27. The van der Waals surface area contributed by atoms with Gasteiger partial charge in [0.1, 0.15) is 5.82 Å². The van der Waals surface area contributed by atoms with E-state index in [0.717, 1.165) is 63.6 Å². The Labute approximate surface area is 170 Å². The summed E-state index contributed by atoms with van der Waals surface area (Å²) in [5.74, 6) is 1.76. The summed E-state index contributed by atoms with van der Waals surface area (Å²) in [6.07, 6.45) is 3.94. The molecule has 1 aliphatic heterocycles. The van der Waals surface area contributed by atoms with Crippen molar-refractivity contribution < 1.29 is 0 Å². The fourth-order valence-corrected chi connectivity index (χ4v) is 4.23. The minimum Gasteiger partial charge on any atom is -0.357 e. The quantitative estimate of drug-likeness (QED) is 0.402. The third-order valence-electron chi connectivity index (χ3n) is 5.04. The summed E-state index contributed by atoms with van der Waals surface area (Å²) in [5.41, 5.74) is 0.0484. The molecule has 0 bridgehead atoms. The predicted octanol–water partition coefficient (Wildman–Crippen LogP) is 2.37. The Morgan fingerprint density at radius 2 is 2.21 bits per heavy atom. The average molecular weight is 405 g/mol. The van der Waals surface area contributed by atoms with E-state index >= 15 is 0 Å². The number of aromatic nitrogens is 3. The van der Waals surface area contributed by atoms with Crippen molar-refractivity contribution in [2.75, 3.05) is 19.6 Å². The molecule has 0 saturated carbocycles. The van der Waals surface area contributed by atoms with Crippen LogP contribution in [-0.2, 0) is 24.9 Å². The van der Waals surface area contributed by atoms with Crippen LogP contribution in [0.15, 0.2) is 27.3 Å². The number of fused-ring (bicyclic) bond motifs is 1. The maximum absolute atomic E-state index is 12.4. The van der Waals surface area contributed by atoms with Crippen molar-refractivity contribution in [1.29, 1.82) is 0 Å². The Morgan fingerprint density at radius 1 is 1.36 bits per heavy atom. The van der Waals surface area contributed by atoms with Crippen LogP contribution in [-0.4, -0.2) is 39.9 Å². The van der Waals surface area contributed by atoms with Gasteiger partial charge in [-0.05, 0) is 37.6 Å². The molecule has 28 heavy (non-hydrogen) atoms. The van der Waals surface area contributed by atoms with Crippen molar-refractivity contribution in [2.45, 2.75) is 65.0 Å². The van der Waals surface area contributed by atoms with Gasteiger partial charge in [-0.2, -0.15) is 5.10 Å². The summed E-state index contributed by atoms with van der Waals surface area (Å²) in [7, 11) is 0. The first-order valence-electron chi connectivity index (χ1n) is 10.2. The van der Waals surface area contributed by atoms with Gasteiger partial charge in [-0.1, -0.05) is 19.9 Å². The van der Waals surface area contributed by atoms with Crippen molar-refractivity contribution in [1.82, 2.24) is 25.0 Å². The largest absolute Gasteiger partial charge is 0.357 e. The van der Waals surface area contributed by atoms with Gasteiger partial charge in [-0.25, -0.2) is 9.48 Å². The first kappa shape index (κ1) is 20.6. The molecule has 0 aromatic carbocycles. The van der Waals surface area contributed by atoms with Crippen LogP contribution in [0, 0.1) is 0 Å². The predicted molar refractivity (Wildman–Crippen MR) is 115 cm³/mol. The van der Waals surface area contributed by atoms with E-state index in [-0.39, 0.29) is 11.1 Å². The molecule has 154 valence electrons. The molecule has 0 fully saturated rings. The second kappa shape index (κ2) is 9.41. The summed E-state index contributed by atoms with van der Waals surface area (Å²) in [6, 6.07) is 4.26. The lowest BCUT2D eigenvalue weighted by atomic mass is 9.92. The molecule has 0 saturated heterocycles. The van der Waals surface area contributed by atoms with Gasteiger partial charge in [0.25, 0.3) is 0 Å². The van der Waals surface area contributed by atoms with E-state index in [9.17, 15) is 4.79 Å². The highest BCUT2D eigenvalue weighted by atomic mass is 32.1. The molecule has 3 heterocycles. The van der Waals surface area contributed by atoms with Gasteiger partial charge in [-0.3, -0.25) is 9.56 Å². The number of aliphatic imine (C=N–C) groups is 1. The van der Waals surface area contributed by atoms with E-state index in [4.69, 9.17) is 4.99 Å². The number of hydrogen-bond donors (Lipinski definition) is 2. The van der Waals surface area contributed by atoms with Crippen molar-refractivity contribution in [3.8, 4) is 0 Å². The minimum absolute atomic E-state index is 0.0132. The van der Waals surface area contributed by atoms with Gasteiger partial charge in [0.15, 0.2) is 5.96 Å². The molecule has 2 N–H and O–H groups in total. The van der Waals surface area contributed by atoms with Crippen molar-refractivity contribution in [3.63, 3.8) is 0 Å². The Bertz CT molecular complexity index is 833. The van der Waals surface area contributed by atoms with Crippen molar-refractivity contribution in [3.05, 3.63) is 38.7 Å². The zero-order valence-corrected chi connectivity index (χ0v) is 18.0. The van der Waals surface area contributed by atoms with E-state index in [2.05, 4.69) is 54.0 Å². The van der Waals surface area contributed by atoms with Crippen LogP contribution in [0.25, 0.3) is 0 Å². The molecule has 0 spiro atoms. The van der Waals surface area contributed by atoms with Crippen molar-refractivity contribution in [2.24, 2.45) is 4.99 Å². The topological polar surface area (TPSA) is 76.2 Å². The fourth-order valence-electron chi connectivity index (χ4n) is 3.39. The van der Waals surface area contributed by atoms with Crippen LogP contribution >= 0.6 is 11.3 Å². The highest BCUT2D eigenvalue weighted by Crippen LogP contribution is 2.27. The highest BCUT2D eigenvalue weighted by molar-refractivity contribution is 7.10. The van der Waals surface area contributed by atoms with Crippen LogP contribution in [0.3, 0.4) is 0 Å². The van der Waals surface area contributed by atoms with Crippen LogP contribution < -0.4 is 16.3 Å². The lowest BCUT2D eigenvalue weighted by Gasteiger charge is -2.21. The van der Waals surface area contributed by atoms with Gasteiger partial charge in [0.05, 0.1) is 6.54 Å². The van der Waals surface area contributed by atoms with Gasteiger partial charge >= 0.3 is 5.69 Å². The molecule has 0 unspecified atom stereocenters. The van der Waals surface area contributed by atoms with Crippen LogP contribution in [0.1, 0.15) is 50.7 Å². The normalized spacial score (nSPS) is 14.8. The van der Waals surface area contributed by atoms with Gasteiger partial charge in [-0.15, -0.1) is 11.3 Å². The summed E-state index contributed by atoms with van der Waals surface area (Å²) < 4.78 is 3.45. The Kier molecular flexibility index (Phi) is 6.93. The highest BCUT2D eigenvalue weighted by Gasteiger charge is 2.21. The number of thiophene rings is 1. The third kappa shape index (κ3) is 5.04. The zero-order chi connectivity index (χ0) is 20.0. The molecule has 2 aromatic heterocycles. The van der Waals surface area contributed by atoms with Crippen LogP contribution in [0.4, 0.5) is 0 Å².